The van der Waals surface area contributed by atoms with Gasteiger partial charge in [-0.3, -0.25) is 0 Å². The average molecular weight is 292 g/mol. The topological polar surface area (TPSA) is 21.5 Å². The van der Waals surface area contributed by atoms with Crippen molar-refractivity contribution in [3.63, 3.8) is 0 Å². The molecule has 3 rings (SSSR count). The van der Waals surface area contributed by atoms with Crippen LogP contribution in [0.4, 0.5) is 8.78 Å². The summed E-state index contributed by atoms with van der Waals surface area (Å²) in [7, 11) is 5.36. The van der Waals surface area contributed by atoms with Crippen LogP contribution in [0.1, 0.15) is 0 Å². The lowest BCUT2D eigenvalue weighted by Gasteiger charge is -1.97. The zero-order valence-electron chi connectivity index (χ0n) is 12.0. The van der Waals surface area contributed by atoms with Crippen molar-refractivity contribution < 1.29 is 22.7 Å². The molecule has 21 heavy (non-hydrogen) atoms. The van der Waals surface area contributed by atoms with Crippen molar-refractivity contribution in [3.05, 3.63) is 54.6 Å². The molecule has 108 valence electrons. The fourth-order valence-corrected chi connectivity index (χ4v) is 2.44. The van der Waals surface area contributed by atoms with Crippen molar-refractivity contribution in [1.29, 1.82) is 0 Å². The van der Waals surface area contributed by atoms with Crippen molar-refractivity contribution in [2.24, 2.45) is 21.1 Å². The fourth-order valence-electron chi connectivity index (χ4n) is 2.44. The highest BCUT2D eigenvalue weighted by Gasteiger charge is 2.31. The molecule has 0 aromatic carbocycles. The molecule has 0 saturated carbocycles. The van der Waals surface area contributed by atoms with Crippen LogP contribution in [0, 0.1) is 11.6 Å². The minimum absolute atomic E-state index is 0.319. The summed E-state index contributed by atoms with van der Waals surface area (Å²) in [6.07, 6.45) is 5.58. The molecule has 7 heteroatoms. The smallest absolute Gasteiger partial charge is 0.198 e. The van der Waals surface area contributed by atoms with E-state index in [1.54, 1.807) is 32.8 Å². The number of aryl methyl sites for hydroxylation is 2. The first-order valence-corrected chi connectivity index (χ1v) is 6.45. The van der Waals surface area contributed by atoms with Crippen LogP contribution in [0.2, 0.25) is 0 Å². The molecule has 0 amide bonds. The molecule has 0 aliphatic heterocycles. The van der Waals surface area contributed by atoms with Crippen molar-refractivity contribution in [2.75, 3.05) is 0 Å². The van der Waals surface area contributed by atoms with Gasteiger partial charge in [0.25, 0.3) is 0 Å². The van der Waals surface area contributed by atoms with E-state index < -0.39 is 0 Å². The molecule has 0 bridgehead atoms. The summed E-state index contributed by atoms with van der Waals surface area (Å²) in [5.74, 6) is 0.877. The van der Waals surface area contributed by atoms with Crippen LogP contribution in [0.25, 0.3) is 11.6 Å². The van der Waals surface area contributed by atoms with E-state index in [4.69, 9.17) is 0 Å². The van der Waals surface area contributed by atoms with E-state index in [2.05, 4.69) is 0 Å². The number of rotatable bonds is 2. The minimum atomic E-state index is -0.319. The molecule has 0 saturated heterocycles. The quantitative estimate of drug-likeness (QED) is 0.594. The van der Waals surface area contributed by atoms with E-state index in [9.17, 15) is 8.78 Å². The normalized spacial score (nSPS) is 11.1. The molecule has 0 aliphatic carbocycles. The summed E-state index contributed by atoms with van der Waals surface area (Å²) in [5.41, 5.74) is 0. The molecule has 0 unspecified atom stereocenters. The minimum Gasteiger partial charge on any atom is -0.198 e. The maximum absolute atomic E-state index is 13.4. The molecule has 0 spiro atoms. The lowest BCUT2D eigenvalue weighted by atomic mass is 10.4. The second-order valence-corrected chi connectivity index (χ2v) is 4.92. The summed E-state index contributed by atoms with van der Waals surface area (Å²) in [6.45, 7) is 0. The Bertz CT molecular complexity index is 754. The molecule has 3 heterocycles. The largest absolute Gasteiger partial charge is 0.477 e. The number of pyridine rings is 1. The third-order valence-corrected chi connectivity index (χ3v) is 3.44. The van der Waals surface area contributed by atoms with Crippen LogP contribution in [-0.4, -0.2) is 9.36 Å². The Morgan fingerprint density at radius 2 is 1.29 bits per heavy atom. The number of aromatic nitrogens is 5. The molecule has 0 N–H and O–H groups in total. The third-order valence-electron chi connectivity index (χ3n) is 3.44. The predicted molar refractivity (Wildman–Crippen MR) is 68.5 cm³/mol. The van der Waals surface area contributed by atoms with E-state index in [0.717, 1.165) is 11.6 Å². The number of hydrogen-bond donors (Lipinski definition) is 0. The summed E-state index contributed by atoms with van der Waals surface area (Å²) in [5, 5.41) is 0. The monoisotopic (exact) mass is 292 g/mol. The summed E-state index contributed by atoms with van der Waals surface area (Å²) in [4.78, 5) is 0. The molecule has 0 atom stereocenters. The SMILES string of the molecule is Cn1cc(F)c[n+]1-c1cccc(-[n+]2cc(F)cn2C)[n+]1C. The first-order chi connectivity index (χ1) is 9.97. The first-order valence-electron chi connectivity index (χ1n) is 6.45. The lowest BCUT2D eigenvalue weighted by Crippen LogP contribution is -2.57. The maximum atomic E-state index is 13.4. The van der Waals surface area contributed by atoms with Gasteiger partial charge in [-0.25, -0.2) is 0 Å². The average Bonchev–Trinajstić information content (AvgIpc) is 2.92. The van der Waals surface area contributed by atoms with Crippen LogP contribution in [0.5, 0.6) is 0 Å². The van der Waals surface area contributed by atoms with Gasteiger partial charge in [0.1, 0.15) is 12.4 Å². The Morgan fingerprint density at radius 1 is 0.857 bits per heavy atom. The van der Waals surface area contributed by atoms with Crippen LogP contribution >= 0.6 is 0 Å². The lowest BCUT2D eigenvalue weighted by molar-refractivity contribution is -0.866. The van der Waals surface area contributed by atoms with E-state index in [0.29, 0.717) is 0 Å². The zero-order chi connectivity index (χ0) is 15.1. The van der Waals surface area contributed by atoms with E-state index in [1.807, 2.05) is 29.8 Å². The van der Waals surface area contributed by atoms with Gasteiger partial charge in [-0.2, -0.15) is 18.1 Å². The van der Waals surface area contributed by atoms with Crippen molar-refractivity contribution in [3.8, 4) is 11.6 Å². The summed E-state index contributed by atoms with van der Waals surface area (Å²) >= 11 is 0. The molecule has 0 fully saturated rings. The Labute approximate surface area is 120 Å². The Balaban J connectivity index is 2.20. The second kappa shape index (κ2) is 4.76. The van der Waals surface area contributed by atoms with Gasteiger partial charge < -0.3 is 0 Å². The van der Waals surface area contributed by atoms with E-state index in [1.165, 1.54) is 24.8 Å². The molecule has 3 aromatic rings. The van der Waals surface area contributed by atoms with Crippen molar-refractivity contribution in [2.45, 2.75) is 0 Å². The molecule has 0 aliphatic rings. The molecule has 0 radical (unpaired) electrons. The van der Waals surface area contributed by atoms with Crippen LogP contribution < -0.4 is 13.9 Å². The highest BCUT2D eigenvalue weighted by Crippen LogP contribution is 2.00. The van der Waals surface area contributed by atoms with Crippen molar-refractivity contribution >= 4 is 0 Å². The highest BCUT2D eigenvalue weighted by atomic mass is 19.1. The summed E-state index contributed by atoms with van der Waals surface area (Å²) < 4.78 is 35.3. The number of nitrogens with zero attached hydrogens (tertiary/aromatic N) is 5. The summed E-state index contributed by atoms with van der Waals surface area (Å²) in [6, 6.07) is 5.58. The van der Waals surface area contributed by atoms with Crippen LogP contribution in [-0.2, 0) is 21.1 Å². The molecular formula is C14H16F2N5+3. The van der Waals surface area contributed by atoms with Crippen molar-refractivity contribution in [1.82, 2.24) is 9.36 Å². The van der Waals surface area contributed by atoms with Gasteiger partial charge in [-0.15, -0.1) is 0 Å². The van der Waals surface area contributed by atoms with Gasteiger partial charge in [0.15, 0.2) is 7.05 Å². The van der Waals surface area contributed by atoms with Gasteiger partial charge >= 0.3 is 11.6 Å². The maximum Gasteiger partial charge on any atom is 0.477 e. The standard InChI is InChI=1S/C14H16F2N5/c1-17-7-11(15)9-20(17)13-5-4-6-14(19(13)3)21-10-12(16)8-18(21)2/h4-10H,1-3H3/q+3. The Kier molecular flexibility index (Phi) is 3.04. The van der Waals surface area contributed by atoms with E-state index >= 15 is 0 Å². The highest BCUT2D eigenvalue weighted by molar-refractivity contribution is 5.11. The third kappa shape index (κ3) is 2.20. The molecule has 5 nitrogen and oxygen atoms in total. The first kappa shape index (κ1) is 13.4. The van der Waals surface area contributed by atoms with Gasteiger partial charge in [-0.05, 0) is 15.4 Å². The molecular weight excluding hydrogens is 276 g/mol. The number of halogens is 2. The van der Waals surface area contributed by atoms with Gasteiger partial charge in [0.05, 0.1) is 26.2 Å². The van der Waals surface area contributed by atoms with Gasteiger partial charge in [0, 0.05) is 0 Å². The zero-order valence-corrected chi connectivity index (χ0v) is 12.0. The Morgan fingerprint density at radius 3 is 1.62 bits per heavy atom. The van der Waals surface area contributed by atoms with E-state index in [-0.39, 0.29) is 11.6 Å². The van der Waals surface area contributed by atoms with Gasteiger partial charge in [-0.1, -0.05) is 4.57 Å². The molecule has 3 aromatic heterocycles. The van der Waals surface area contributed by atoms with Crippen LogP contribution in [0.15, 0.2) is 43.0 Å². The van der Waals surface area contributed by atoms with Gasteiger partial charge in [0.2, 0.25) is 24.0 Å². The second-order valence-electron chi connectivity index (χ2n) is 4.92. The predicted octanol–water partition coefficient (Wildman–Crippen LogP) is 0.0197. The van der Waals surface area contributed by atoms with Crippen LogP contribution in [0.3, 0.4) is 0 Å². The Hall–Kier alpha value is -2.57. The fraction of sp³-hybridized carbons (Fsp3) is 0.214. The number of hydrogen-bond acceptors (Lipinski definition) is 0.